The Balaban J connectivity index is 1.31. The minimum Gasteiger partial charge on any atom is -0.497 e. The van der Waals surface area contributed by atoms with E-state index in [2.05, 4.69) is 45.9 Å². The summed E-state index contributed by atoms with van der Waals surface area (Å²) >= 11 is 0. The second-order valence-corrected chi connectivity index (χ2v) is 7.41. The van der Waals surface area contributed by atoms with Crippen LogP contribution >= 0.6 is 0 Å². The number of fused-ring (bicyclic) bond motifs is 2. The van der Waals surface area contributed by atoms with E-state index in [1.807, 2.05) is 6.07 Å². The number of carbonyl (C=O) groups is 1. The molecule has 1 saturated heterocycles. The van der Waals surface area contributed by atoms with Crippen LogP contribution in [0.15, 0.2) is 42.5 Å². The van der Waals surface area contributed by atoms with Gasteiger partial charge >= 0.3 is 0 Å². The van der Waals surface area contributed by atoms with Crippen molar-refractivity contribution >= 4 is 16.8 Å². The minimum absolute atomic E-state index is 0.0744. The third kappa shape index (κ3) is 3.24. The topological polar surface area (TPSA) is 85.8 Å². The fourth-order valence-corrected chi connectivity index (χ4v) is 4.15. The number of carbonyl (C=O) groups excluding carboxylic acids is 1. The molecule has 3 aromatic rings. The van der Waals surface area contributed by atoms with Crippen molar-refractivity contribution in [1.82, 2.24) is 20.7 Å². The normalized spacial score (nSPS) is 19.9. The molecule has 0 aliphatic carbocycles. The Labute approximate surface area is 174 Å². The second kappa shape index (κ2) is 7.55. The number of amides is 1. The molecular formula is C22H24N4O4. The van der Waals surface area contributed by atoms with Gasteiger partial charge in [0.05, 0.1) is 24.8 Å². The van der Waals surface area contributed by atoms with Crippen molar-refractivity contribution in [3.05, 3.63) is 53.7 Å². The number of aromatic nitrogens is 1. The lowest BCUT2D eigenvalue weighted by Crippen LogP contribution is -2.44. The third-order valence-corrected chi connectivity index (χ3v) is 5.66. The highest BCUT2D eigenvalue weighted by molar-refractivity contribution is 5.95. The monoisotopic (exact) mass is 408 g/mol. The van der Waals surface area contributed by atoms with E-state index in [1.165, 1.54) is 11.1 Å². The predicted octanol–water partition coefficient (Wildman–Crippen LogP) is 2.69. The molecule has 2 atom stereocenters. The van der Waals surface area contributed by atoms with Crippen LogP contribution in [0.1, 0.15) is 35.4 Å². The van der Waals surface area contributed by atoms with Gasteiger partial charge in [0.25, 0.3) is 5.91 Å². The van der Waals surface area contributed by atoms with Gasteiger partial charge in [0.1, 0.15) is 5.75 Å². The molecule has 0 bridgehead atoms. The summed E-state index contributed by atoms with van der Waals surface area (Å²) in [5, 5.41) is 4.21. The van der Waals surface area contributed by atoms with E-state index in [0.717, 1.165) is 24.2 Å². The summed E-state index contributed by atoms with van der Waals surface area (Å²) < 4.78 is 18.3. The van der Waals surface area contributed by atoms with E-state index in [0.29, 0.717) is 17.1 Å². The maximum Gasteiger partial charge on any atom is 0.252 e. The maximum atomic E-state index is 12.7. The number of benzene rings is 2. The van der Waals surface area contributed by atoms with E-state index in [1.54, 1.807) is 25.3 Å². The summed E-state index contributed by atoms with van der Waals surface area (Å²) in [6.45, 7) is 3.16. The SMILES string of the molecule is CCn1c(C2CC(NC(=O)c3ccc4c(c3)OCO4)NN2)cc2ccc(OC)cc21. The zero-order chi connectivity index (χ0) is 20.7. The molecule has 8 heteroatoms. The Bertz CT molecular complexity index is 1110. The van der Waals surface area contributed by atoms with Gasteiger partial charge in [-0.1, -0.05) is 0 Å². The molecule has 1 amide bonds. The molecule has 5 rings (SSSR count). The van der Waals surface area contributed by atoms with Crippen LogP contribution < -0.4 is 30.4 Å². The van der Waals surface area contributed by atoms with Crippen LogP contribution in [0.3, 0.4) is 0 Å². The van der Waals surface area contributed by atoms with Crippen molar-refractivity contribution in [2.45, 2.75) is 32.1 Å². The molecule has 1 aromatic heterocycles. The zero-order valence-corrected chi connectivity index (χ0v) is 16.9. The Morgan fingerprint density at radius 2 is 2.03 bits per heavy atom. The maximum absolute atomic E-state index is 12.7. The van der Waals surface area contributed by atoms with Crippen LogP contribution in [0.5, 0.6) is 17.2 Å². The summed E-state index contributed by atoms with van der Waals surface area (Å²) in [5.41, 5.74) is 9.38. The van der Waals surface area contributed by atoms with Crippen molar-refractivity contribution in [3.63, 3.8) is 0 Å². The Morgan fingerprint density at radius 1 is 1.17 bits per heavy atom. The first-order valence-corrected chi connectivity index (χ1v) is 10.0. The molecule has 2 aromatic carbocycles. The number of nitrogens with zero attached hydrogens (tertiary/aromatic N) is 1. The molecule has 2 aliphatic rings. The lowest BCUT2D eigenvalue weighted by Gasteiger charge is -2.14. The predicted molar refractivity (Wildman–Crippen MR) is 112 cm³/mol. The molecule has 8 nitrogen and oxygen atoms in total. The molecule has 0 saturated carbocycles. The van der Waals surface area contributed by atoms with Crippen molar-refractivity contribution in [2.75, 3.05) is 13.9 Å². The van der Waals surface area contributed by atoms with Crippen molar-refractivity contribution < 1.29 is 19.0 Å². The minimum atomic E-state index is -0.189. The van der Waals surface area contributed by atoms with Crippen molar-refractivity contribution in [2.24, 2.45) is 0 Å². The fourth-order valence-electron chi connectivity index (χ4n) is 4.15. The molecule has 0 radical (unpaired) electrons. The van der Waals surface area contributed by atoms with Gasteiger partial charge in [-0.05, 0) is 43.3 Å². The standard InChI is InChI=1S/C22H24N4O4/c1-3-26-17-10-15(28-2)6-4-13(17)8-18(26)16-11-21(25-24-16)23-22(27)14-5-7-19-20(9-14)30-12-29-19/h4-10,16,21,24-25H,3,11-12H2,1-2H3,(H,23,27). The van der Waals surface area contributed by atoms with E-state index >= 15 is 0 Å². The highest BCUT2D eigenvalue weighted by Gasteiger charge is 2.29. The number of hydrazine groups is 1. The lowest BCUT2D eigenvalue weighted by atomic mass is 10.1. The molecular weight excluding hydrogens is 384 g/mol. The fraction of sp³-hybridized carbons (Fsp3) is 0.318. The summed E-state index contributed by atoms with van der Waals surface area (Å²) in [5.74, 6) is 1.94. The van der Waals surface area contributed by atoms with Crippen molar-refractivity contribution in [1.29, 1.82) is 0 Å². The Morgan fingerprint density at radius 3 is 2.87 bits per heavy atom. The van der Waals surface area contributed by atoms with Crippen LogP contribution in [0, 0.1) is 0 Å². The molecule has 0 spiro atoms. The van der Waals surface area contributed by atoms with E-state index < -0.39 is 0 Å². The van der Waals surface area contributed by atoms with Gasteiger partial charge in [-0.2, -0.15) is 0 Å². The highest BCUT2D eigenvalue weighted by atomic mass is 16.7. The number of hydrogen-bond acceptors (Lipinski definition) is 6. The van der Waals surface area contributed by atoms with E-state index in [9.17, 15) is 4.79 Å². The van der Waals surface area contributed by atoms with E-state index in [4.69, 9.17) is 14.2 Å². The Kier molecular flexibility index (Phi) is 4.72. The van der Waals surface area contributed by atoms with Crippen LogP contribution in [-0.2, 0) is 6.54 Å². The summed E-state index contributed by atoms with van der Waals surface area (Å²) in [7, 11) is 1.68. The number of ether oxygens (including phenoxy) is 3. The van der Waals surface area contributed by atoms with Gasteiger partial charge in [-0.15, -0.1) is 0 Å². The van der Waals surface area contributed by atoms with Gasteiger partial charge in [0.15, 0.2) is 11.5 Å². The highest BCUT2D eigenvalue weighted by Crippen LogP contribution is 2.33. The molecule has 30 heavy (non-hydrogen) atoms. The molecule has 3 heterocycles. The smallest absolute Gasteiger partial charge is 0.252 e. The van der Waals surface area contributed by atoms with Gasteiger partial charge < -0.3 is 24.1 Å². The van der Waals surface area contributed by atoms with Crippen molar-refractivity contribution in [3.8, 4) is 17.2 Å². The molecule has 3 N–H and O–H groups in total. The average molecular weight is 408 g/mol. The molecule has 2 aliphatic heterocycles. The van der Waals surface area contributed by atoms with Crippen LogP contribution in [0.2, 0.25) is 0 Å². The summed E-state index contributed by atoms with van der Waals surface area (Å²) in [6.07, 6.45) is 0.537. The zero-order valence-electron chi connectivity index (χ0n) is 16.9. The Hall–Kier alpha value is -3.23. The number of nitrogens with one attached hydrogen (secondary N) is 3. The van der Waals surface area contributed by atoms with Gasteiger partial charge in [-0.25, -0.2) is 10.9 Å². The summed E-state index contributed by atoms with van der Waals surface area (Å²) in [4.78, 5) is 12.7. The van der Waals surface area contributed by atoms with Crippen LogP contribution in [-0.4, -0.2) is 30.5 Å². The first-order chi connectivity index (χ1) is 14.7. The molecule has 2 unspecified atom stereocenters. The molecule has 156 valence electrons. The quantitative estimate of drug-likeness (QED) is 0.602. The van der Waals surface area contributed by atoms with E-state index in [-0.39, 0.29) is 24.9 Å². The first-order valence-electron chi connectivity index (χ1n) is 10.0. The lowest BCUT2D eigenvalue weighted by molar-refractivity contribution is 0.0932. The number of rotatable bonds is 5. The van der Waals surface area contributed by atoms with Crippen LogP contribution in [0.25, 0.3) is 10.9 Å². The molecule has 1 fully saturated rings. The summed E-state index contributed by atoms with van der Waals surface area (Å²) in [6, 6.07) is 13.6. The van der Waals surface area contributed by atoms with Gasteiger partial charge in [-0.3, -0.25) is 4.79 Å². The van der Waals surface area contributed by atoms with Crippen LogP contribution in [0.4, 0.5) is 0 Å². The third-order valence-electron chi connectivity index (χ3n) is 5.66. The largest absolute Gasteiger partial charge is 0.497 e. The second-order valence-electron chi connectivity index (χ2n) is 7.41. The van der Waals surface area contributed by atoms with Gasteiger partial charge in [0.2, 0.25) is 6.79 Å². The number of hydrogen-bond donors (Lipinski definition) is 3. The van der Waals surface area contributed by atoms with Gasteiger partial charge in [0, 0.05) is 35.7 Å². The average Bonchev–Trinajstić information content (AvgIpc) is 3.50. The first kappa shape index (κ1) is 18.8. The number of methoxy groups -OCH3 is 1. The number of aryl methyl sites for hydroxylation is 1.